The van der Waals surface area contributed by atoms with E-state index in [1.807, 2.05) is 13.8 Å². The predicted octanol–water partition coefficient (Wildman–Crippen LogP) is 3.19. The Hall–Kier alpha value is -0.870. The molecule has 0 fully saturated rings. The first-order chi connectivity index (χ1) is 7.95. The van der Waals surface area contributed by atoms with Crippen LogP contribution >= 0.6 is 11.6 Å². The second kappa shape index (κ2) is 6.17. The summed E-state index contributed by atoms with van der Waals surface area (Å²) < 4.78 is 12.0. The van der Waals surface area contributed by atoms with Gasteiger partial charge in [-0.1, -0.05) is 31.9 Å². The minimum atomic E-state index is -1.17. The monoisotopic (exact) mass is 274 g/mol. The third kappa shape index (κ3) is 3.82. The third-order valence-electron chi connectivity index (χ3n) is 2.56. The SMILES string of the molecule is CCC(C)CS(=O)c1ccc(Cl)c(C(=O)O)c1. The van der Waals surface area contributed by atoms with Crippen molar-refractivity contribution >= 4 is 28.4 Å². The van der Waals surface area contributed by atoms with E-state index in [1.165, 1.54) is 12.1 Å². The smallest absolute Gasteiger partial charge is 0.337 e. The lowest BCUT2D eigenvalue weighted by Crippen LogP contribution is -2.08. The molecule has 0 heterocycles. The van der Waals surface area contributed by atoms with Crippen molar-refractivity contribution in [3.05, 3.63) is 28.8 Å². The van der Waals surface area contributed by atoms with Gasteiger partial charge >= 0.3 is 5.97 Å². The molecule has 5 heteroatoms. The van der Waals surface area contributed by atoms with E-state index in [4.69, 9.17) is 16.7 Å². The Labute approximate surface area is 108 Å². The van der Waals surface area contributed by atoms with E-state index in [0.717, 1.165) is 6.42 Å². The van der Waals surface area contributed by atoms with Crippen LogP contribution in [0.2, 0.25) is 5.02 Å². The Morgan fingerprint density at radius 2 is 2.18 bits per heavy atom. The van der Waals surface area contributed by atoms with E-state index in [0.29, 0.717) is 16.6 Å². The summed E-state index contributed by atoms with van der Waals surface area (Å²) >= 11 is 5.75. The molecule has 2 unspecified atom stereocenters. The van der Waals surface area contributed by atoms with Crippen LogP contribution in [0.5, 0.6) is 0 Å². The van der Waals surface area contributed by atoms with Gasteiger partial charge in [0.1, 0.15) is 0 Å². The molecule has 0 saturated heterocycles. The van der Waals surface area contributed by atoms with Gasteiger partial charge in [-0.15, -0.1) is 0 Å². The molecule has 2 atom stereocenters. The number of halogens is 1. The molecule has 17 heavy (non-hydrogen) atoms. The van der Waals surface area contributed by atoms with Gasteiger partial charge in [0.25, 0.3) is 0 Å². The average molecular weight is 275 g/mol. The molecule has 94 valence electrons. The van der Waals surface area contributed by atoms with Gasteiger partial charge in [0, 0.05) is 10.6 Å². The molecule has 0 aliphatic rings. The highest BCUT2D eigenvalue weighted by molar-refractivity contribution is 7.85. The largest absolute Gasteiger partial charge is 0.478 e. The maximum Gasteiger partial charge on any atom is 0.337 e. The molecule has 1 N–H and O–H groups in total. The van der Waals surface area contributed by atoms with Gasteiger partial charge in [0.15, 0.2) is 0 Å². The van der Waals surface area contributed by atoms with E-state index < -0.39 is 16.8 Å². The van der Waals surface area contributed by atoms with Gasteiger partial charge in [-0.25, -0.2) is 4.79 Å². The fourth-order valence-electron chi connectivity index (χ4n) is 1.28. The fraction of sp³-hybridized carbons (Fsp3) is 0.417. The van der Waals surface area contributed by atoms with E-state index in [9.17, 15) is 9.00 Å². The standard InChI is InChI=1S/C12H15ClO3S/c1-3-8(2)7-17(16)9-4-5-11(13)10(6-9)12(14)15/h4-6,8H,3,7H2,1-2H3,(H,14,15). The second-order valence-corrected chi connectivity index (χ2v) is 5.88. The number of benzene rings is 1. The first-order valence-corrected chi connectivity index (χ1v) is 7.06. The van der Waals surface area contributed by atoms with Crippen LogP contribution in [0.1, 0.15) is 30.6 Å². The van der Waals surface area contributed by atoms with Gasteiger partial charge in [-0.05, 0) is 24.1 Å². The molecular formula is C12H15ClO3S. The van der Waals surface area contributed by atoms with Crippen molar-refractivity contribution in [2.75, 3.05) is 5.75 Å². The average Bonchev–Trinajstić information content (AvgIpc) is 2.28. The second-order valence-electron chi connectivity index (χ2n) is 3.97. The van der Waals surface area contributed by atoms with Gasteiger partial charge in [0.05, 0.1) is 21.4 Å². The highest BCUT2D eigenvalue weighted by Crippen LogP contribution is 2.20. The first kappa shape index (κ1) is 14.2. The van der Waals surface area contributed by atoms with Crippen LogP contribution in [0.25, 0.3) is 0 Å². The van der Waals surface area contributed by atoms with Crippen LogP contribution in [0.15, 0.2) is 23.1 Å². The first-order valence-electron chi connectivity index (χ1n) is 5.37. The minimum absolute atomic E-state index is 0.00154. The highest BCUT2D eigenvalue weighted by Gasteiger charge is 2.14. The molecule has 0 aromatic heterocycles. The Bertz CT molecular complexity index is 445. The minimum Gasteiger partial charge on any atom is -0.478 e. The van der Waals surface area contributed by atoms with Crippen LogP contribution in [-0.2, 0) is 10.8 Å². The zero-order chi connectivity index (χ0) is 13.0. The normalized spacial score (nSPS) is 14.3. The quantitative estimate of drug-likeness (QED) is 0.897. The van der Waals surface area contributed by atoms with Crippen molar-refractivity contribution in [2.45, 2.75) is 25.2 Å². The Kier molecular flexibility index (Phi) is 5.15. The molecule has 1 aromatic rings. The van der Waals surface area contributed by atoms with E-state index in [-0.39, 0.29) is 10.6 Å². The molecule has 0 spiro atoms. The van der Waals surface area contributed by atoms with E-state index >= 15 is 0 Å². The van der Waals surface area contributed by atoms with Crippen LogP contribution in [0, 0.1) is 5.92 Å². The molecule has 3 nitrogen and oxygen atoms in total. The molecule has 0 saturated carbocycles. The lowest BCUT2D eigenvalue weighted by molar-refractivity contribution is 0.0697. The van der Waals surface area contributed by atoms with Gasteiger partial charge < -0.3 is 5.11 Å². The number of carboxylic acids is 1. The number of carbonyl (C=O) groups is 1. The van der Waals surface area contributed by atoms with Gasteiger partial charge in [-0.2, -0.15) is 0 Å². The van der Waals surface area contributed by atoms with Crippen molar-refractivity contribution in [1.29, 1.82) is 0 Å². The number of aromatic carboxylic acids is 1. The van der Waals surface area contributed by atoms with Crippen LogP contribution in [0.3, 0.4) is 0 Å². The van der Waals surface area contributed by atoms with Crippen molar-refractivity contribution < 1.29 is 14.1 Å². The summed E-state index contributed by atoms with van der Waals surface area (Å²) in [4.78, 5) is 11.4. The lowest BCUT2D eigenvalue weighted by Gasteiger charge is -2.09. The van der Waals surface area contributed by atoms with Crippen molar-refractivity contribution in [3.8, 4) is 0 Å². The zero-order valence-corrected chi connectivity index (χ0v) is 11.3. The maximum absolute atomic E-state index is 12.0. The molecule has 0 aliphatic carbocycles. The van der Waals surface area contributed by atoms with Gasteiger partial charge in [0.2, 0.25) is 0 Å². The summed E-state index contributed by atoms with van der Waals surface area (Å²) in [6.45, 7) is 4.05. The van der Waals surface area contributed by atoms with Crippen molar-refractivity contribution in [2.24, 2.45) is 5.92 Å². The number of carboxylic acid groups (broad SMARTS) is 1. The summed E-state index contributed by atoms with van der Waals surface area (Å²) in [5, 5.41) is 9.08. The van der Waals surface area contributed by atoms with Crippen molar-refractivity contribution in [3.63, 3.8) is 0 Å². The lowest BCUT2D eigenvalue weighted by atomic mass is 10.2. The summed E-state index contributed by atoms with van der Waals surface area (Å²) in [5.74, 6) is -0.214. The van der Waals surface area contributed by atoms with Crippen LogP contribution in [-0.4, -0.2) is 21.0 Å². The number of hydrogen-bond donors (Lipinski definition) is 1. The Morgan fingerprint density at radius 3 is 2.71 bits per heavy atom. The molecule has 1 rings (SSSR count). The Balaban J connectivity index is 2.96. The topological polar surface area (TPSA) is 54.4 Å². The fourth-order valence-corrected chi connectivity index (χ4v) is 2.89. The molecule has 1 aromatic carbocycles. The highest BCUT2D eigenvalue weighted by atomic mass is 35.5. The van der Waals surface area contributed by atoms with Gasteiger partial charge in [-0.3, -0.25) is 4.21 Å². The number of rotatable bonds is 5. The Morgan fingerprint density at radius 1 is 1.53 bits per heavy atom. The molecule has 0 radical (unpaired) electrons. The van der Waals surface area contributed by atoms with Crippen LogP contribution < -0.4 is 0 Å². The maximum atomic E-state index is 12.0. The molecule has 0 amide bonds. The summed E-state index contributed by atoms with van der Waals surface area (Å²) in [6, 6.07) is 4.49. The van der Waals surface area contributed by atoms with Crippen LogP contribution in [0.4, 0.5) is 0 Å². The number of hydrogen-bond acceptors (Lipinski definition) is 2. The summed E-state index contributed by atoms with van der Waals surface area (Å²) in [6.07, 6.45) is 0.950. The zero-order valence-electron chi connectivity index (χ0n) is 9.77. The third-order valence-corrected chi connectivity index (χ3v) is 4.55. The summed E-state index contributed by atoms with van der Waals surface area (Å²) in [5.41, 5.74) is 0.00154. The summed E-state index contributed by atoms with van der Waals surface area (Å²) in [7, 11) is -1.17. The molecule has 0 bridgehead atoms. The van der Waals surface area contributed by atoms with E-state index in [1.54, 1.807) is 6.07 Å². The predicted molar refractivity (Wildman–Crippen MR) is 69.1 cm³/mol. The molecular weight excluding hydrogens is 260 g/mol. The molecule has 0 aliphatic heterocycles. The van der Waals surface area contributed by atoms with Crippen molar-refractivity contribution in [1.82, 2.24) is 0 Å². The van der Waals surface area contributed by atoms with E-state index in [2.05, 4.69) is 0 Å².